The summed E-state index contributed by atoms with van der Waals surface area (Å²) in [5, 5.41) is 0.529. The van der Waals surface area contributed by atoms with Crippen LogP contribution in [0, 0.1) is 0 Å². The van der Waals surface area contributed by atoms with Gasteiger partial charge >= 0.3 is 0 Å². The van der Waals surface area contributed by atoms with Gasteiger partial charge in [-0.2, -0.15) is 0 Å². The molecule has 2 aromatic rings. The molecule has 0 atom stereocenters. The summed E-state index contributed by atoms with van der Waals surface area (Å²) >= 11 is 6.09. The second-order valence-electron chi connectivity index (χ2n) is 5.17. The fraction of sp³-hybridized carbons (Fsp3) is 0.400. The minimum Gasteiger partial charge on any atom is -0.359 e. The van der Waals surface area contributed by atoms with E-state index in [4.69, 9.17) is 11.6 Å². The topological polar surface area (TPSA) is 41.9 Å². The molecule has 3 rings (SSSR count). The fourth-order valence-corrected chi connectivity index (χ4v) is 2.27. The average molecular weight is 289 g/mol. The first-order chi connectivity index (χ1) is 9.72. The molecule has 0 spiro atoms. The second kappa shape index (κ2) is 5.75. The number of rotatable bonds is 5. The number of likely N-dealkylation sites (N-methyl/N-ethyl adjacent to an activating group) is 1. The smallest absolute Gasteiger partial charge is 0.135 e. The van der Waals surface area contributed by atoms with Crippen LogP contribution < -0.4 is 4.90 Å². The Morgan fingerprint density at radius 3 is 2.85 bits per heavy atom. The Morgan fingerprint density at radius 2 is 2.15 bits per heavy atom. The van der Waals surface area contributed by atoms with Crippen molar-refractivity contribution < 1.29 is 0 Å². The molecule has 1 aliphatic rings. The van der Waals surface area contributed by atoms with Crippen LogP contribution >= 0.6 is 11.6 Å². The molecule has 0 unspecified atom stereocenters. The molecule has 0 saturated heterocycles. The summed E-state index contributed by atoms with van der Waals surface area (Å²) in [6, 6.07) is 7.80. The minimum absolute atomic E-state index is 0.511. The fourth-order valence-electron chi connectivity index (χ4n) is 2.09. The minimum atomic E-state index is 0.511. The van der Waals surface area contributed by atoms with Gasteiger partial charge in [-0.15, -0.1) is 0 Å². The standard InChI is InChI=1S/C15H17ClN4/c1-20(9-7-12-4-2-3-8-17-12)14-10-13(16)18-15(19-14)11-5-6-11/h2-4,8,10-11H,5-7,9H2,1H3. The third-order valence-electron chi connectivity index (χ3n) is 3.46. The predicted octanol–water partition coefficient (Wildman–Crippen LogP) is 3.08. The average Bonchev–Trinajstić information content (AvgIpc) is 3.30. The lowest BCUT2D eigenvalue weighted by molar-refractivity contribution is 0.820. The summed E-state index contributed by atoms with van der Waals surface area (Å²) in [6.07, 6.45) is 5.06. The van der Waals surface area contributed by atoms with Crippen LogP contribution in [0.4, 0.5) is 5.82 Å². The number of anilines is 1. The summed E-state index contributed by atoms with van der Waals surface area (Å²) in [7, 11) is 2.03. The first-order valence-electron chi connectivity index (χ1n) is 6.88. The van der Waals surface area contributed by atoms with Crippen LogP contribution in [-0.4, -0.2) is 28.5 Å². The van der Waals surface area contributed by atoms with Gasteiger partial charge in [-0.1, -0.05) is 17.7 Å². The van der Waals surface area contributed by atoms with Crippen molar-refractivity contribution in [3.8, 4) is 0 Å². The summed E-state index contributed by atoms with van der Waals surface area (Å²) in [5.41, 5.74) is 1.09. The molecule has 2 aromatic heterocycles. The van der Waals surface area contributed by atoms with E-state index >= 15 is 0 Å². The third-order valence-corrected chi connectivity index (χ3v) is 3.66. The Balaban J connectivity index is 1.68. The lowest BCUT2D eigenvalue weighted by Crippen LogP contribution is -2.22. The zero-order valence-corrected chi connectivity index (χ0v) is 12.2. The van der Waals surface area contributed by atoms with Gasteiger partial charge in [0.25, 0.3) is 0 Å². The normalized spacial score (nSPS) is 14.3. The summed E-state index contributed by atoms with van der Waals surface area (Å²) in [4.78, 5) is 15.4. The zero-order chi connectivity index (χ0) is 13.9. The molecule has 2 heterocycles. The Kier molecular flexibility index (Phi) is 3.83. The van der Waals surface area contributed by atoms with Crippen LogP contribution in [0.2, 0.25) is 5.15 Å². The molecule has 20 heavy (non-hydrogen) atoms. The van der Waals surface area contributed by atoms with Gasteiger partial charge in [-0.3, -0.25) is 4.98 Å². The van der Waals surface area contributed by atoms with Crippen molar-refractivity contribution in [2.24, 2.45) is 0 Å². The van der Waals surface area contributed by atoms with Gasteiger partial charge in [0.1, 0.15) is 16.8 Å². The van der Waals surface area contributed by atoms with Crippen molar-refractivity contribution in [2.45, 2.75) is 25.2 Å². The quantitative estimate of drug-likeness (QED) is 0.793. The zero-order valence-electron chi connectivity index (χ0n) is 11.5. The van der Waals surface area contributed by atoms with E-state index in [0.29, 0.717) is 11.1 Å². The van der Waals surface area contributed by atoms with Crippen LogP contribution in [-0.2, 0) is 6.42 Å². The van der Waals surface area contributed by atoms with E-state index in [0.717, 1.165) is 30.3 Å². The maximum Gasteiger partial charge on any atom is 0.135 e. The molecule has 0 aliphatic heterocycles. The second-order valence-corrected chi connectivity index (χ2v) is 5.56. The lowest BCUT2D eigenvalue weighted by atomic mass is 10.2. The van der Waals surface area contributed by atoms with Gasteiger partial charge in [0.15, 0.2) is 0 Å². The number of hydrogen-bond donors (Lipinski definition) is 0. The number of pyridine rings is 1. The number of nitrogens with zero attached hydrogens (tertiary/aromatic N) is 4. The van der Waals surface area contributed by atoms with Crippen molar-refractivity contribution in [2.75, 3.05) is 18.5 Å². The molecule has 104 valence electrons. The Hall–Kier alpha value is -1.68. The summed E-state index contributed by atoms with van der Waals surface area (Å²) in [6.45, 7) is 0.856. The monoisotopic (exact) mass is 288 g/mol. The highest BCUT2D eigenvalue weighted by Crippen LogP contribution is 2.39. The van der Waals surface area contributed by atoms with Crippen molar-refractivity contribution in [3.63, 3.8) is 0 Å². The lowest BCUT2D eigenvalue weighted by Gasteiger charge is -2.18. The first-order valence-corrected chi connectivity index (χ1v) is 7.25. The Labute approximate surface area is 123 Å². The molecule has 0 radical (unpaired) electrons. The van der Waals surface area contributed by atoms with E-state index < -0.39 is 0 Å². The predicted molar refractivity (Wildman–Crippen MR) is 80.2 cm³/mol. The highest BCUT2D eigenvalue weighted by molar-refractivity contribution is 6.29. The molecule has 1 fully saturated rings. The Bertz CT molecular complexity index is 584. The summed E-state index contributed by atoms with van der Waals surface area (Å²) in [5.74, 6) is 2.29. The van der Waals surface area contributed by atoms with Crippen LogP contribution in [0.15, 0.2) is 30.5 Å². The molecule has 1 saturated carbocycles. The van der Waals surface area contributed by atoms with Crippen LogP contribution in [0.5, 0.6) is 0 Å². The van der Waals surface area contributed by atoms with E-state index in [1.165, 1.54) is 12.8 Å². The summed E-state index contributed by atoms with van der Waals surface area (Å²) < 4.78 is 0. The van der Waals surface area contributed by atoms with Crippen molar-refractivity contribution in [1.29, 1.82) is 0 Å². The van der Waals surface area contributed by atoms with Gasteiger partial charge in [0.2, 0.25) is 0 Å². The highest BCUT2D eigenvalue weighted by atomic mass is 35.5. The molecule has 0 amide bonds. The van der Waals surface area contributed by atoms with Gasteiger partial charge < -0.3 is 4.90 Å². The van der Waals surface area contributed by atoms with Crippen molar-refractivity contribution in [3.05, 3.63) is 47.1 Å². The van der Waals surface area contributed by atoms with E-state index in [1.54, 1.807) is 0 Å². The highest BCUT2D eigenvalue weighted by Gasteiger charge is 2.27. The van der Waals surface area contributed by atoms with Gasteiger partial charge in [0.05, 0.1) is 0 Å². The largest absolute Gasteiger partial charge is 0.359 e. The van der Waals surface area contributed by atoms with Crippen LogP contribution in [0.3, 0.4) is 0 Å². The van der Waals surface area contributed by atoms with E-state index in [-0.39, 0.29) is 0 Å². The number of hydrogen-bond acceptors (Lipinski definition) is 4. The van der Waals surface area contributed by atoms with Gasteiger partial charge in [0, 0.05) is 43.9 Å². The van der Waals surface area contributed by atoms with Gasteiger partial charge in [-0.25, -0.2) is 9.97 Å². The number of aromatic nitrogens is 3. The van der Waals surface area contributed by atoms with Crippen molar-refractivity contribution >= 4 is 17.4 Å². The molecule has 0 aromatic carbocycles. The van der Waals surface area contributed by atoms with E-state index in [2.05, 4.69) is 19.9 Å². The van der Waals surface area contributed by atoms with E-state index in [1.807, 2.05) is 37.5 Å². The van der Waals surface area contributed by atoms with E-state index in [9.17, 15) is 0 Å². The molecule has 0 N–H and O–H groups in total. The maximum atomic E-state index is 6.09. The van der Waals surface area contributed by atoms with Crippen LogP contribution in [0.1, 0.15) is 30.3 Å². The number of halogens is 1. The maximum absolute atomic E-state index is 6.09. The first kappa shape index (κ1) is 13.3. The van der Waals surface area contributed by atoms with Gasteiger partial charge in [-0.05, 0) is 25.0 Å². The molecule has 1 aliphatic carbocycles. The molecule has 5 heteroatoms. The molecule has 4 nitrogen and oxygen atoms in total. The Morgan fingerprint density at radius 1 is 1.30 bits per heavy atom. The van der Waals surface area contributed by atoms with Crippen LogP contribution in [0.25, 0.3) is 0 Å². The molecule has 0 bridgehead atoms. The third kappa shape index (κ3) is 3.25. The molecular weight excluding hydrogens is 272 g/mol. The van der Waals surface area contributed by atoms with Crippen molar-refractivity contribution in [1.82, 2.24) is 15.0 Å². The molecular formula is C15H17ClN4. The SMILES string of the molecule is CN(CCc1ccccn1)c1cc(Cl)nc(C2CC2)n1.